The molecule has 2 aliphatic rings. The minimum Gasteiger partial charge on any atom is -0.356 e. The monoisotopic (exact) mass is 456 g/mol. The predicted molar refractivity (Wildman–Crippen MR) is 121 cm³/mol. The molecule has 1 aliphatic carbocycles. The number of aromatic nitrogens is 3. The third kappa shape index (κ3) is 4.45. The lowest BCUT2D eigenvalue weighted by Gasteiger charge is -2.20. The number of benzene rings is 1. The molecular weight excluding hydrogens is 428 g/mol. The molecule has 3 N–H and O–H groups in total. The van der Waals surface area contributed by atoms with Crippen LogP contribution in [0.3, 0.4) is 0 Å². The Morgan fingerprint density at radius 1 is 1.25 bits per heavy atom. The van der Waals surface area contributed by atoms with Gasteiger partial charge in [-0.2, -0.15) is 5.10 Å². The standard InChI is InChI=1S/C22H28N6O3S/c1-15-6-4-7-16(14-15)18-25-26-21(32)27(18)13-8-17(29)23-11-5-12-28-19(30)22(24-20(28)31)9-2-3-10-22/h4,6-7,14H,2-3,5,8-13H2,1H3,(H,23,29)(H,24,31)(H,26,32). The Bertz CT molecular complexity index is 1090. The molecule has 2 heterocycles. The summed E-state index contributed by atoms with van der Waals surface area (Å²) in [5.41, 5.74) is 1.37. The van der Waals surface area contributed by atoms with Gasteiger partial charge < -0.3 is 10.6 Å². The van der Waals surface area contributed by atoms with E-state index in [0.717, 1.165) is 24.0 Å². The Hall–Kier alpha value is -3.01. The maximum absolute atomic E-state index is 12.6. The van der Waals surface area contributed by atoms with Gasteiger partial charge in [-0.25, -0.2) is 4.79 Å². The van der Waals surface area contributed by atoms with Gasteiger partial charge in [-0.1, -0.05) is 36.6 Å². The van der Waals surface area contributed by atoms with E-state index in [4.69, 9.17) is 12.2 Å². The van der Waals surface area contributed by atoms with Gasteiger partial charge in [0.05, 0.1) is 0 Å². The SMILES string of the molecule is Cc1cccc(-c2n[nH]c(=S)n2CCC(=O)NCCCN2C(=O)NC3(CCCC3)C2=O)c1. The molecule has 1 aromatic carbocycles. The van der Waals surface area contributed by atoms with Crippen molar-refractivity contribution in [3.63, 3.8) is 0 Å². The summed E-state index contributed by atoms with van der Waals surface area (Å²) < 4.78 is 2.28. The molecule has 0 bridgehead atoms. The molecule has 0 unspecified atom stereocenters. The van der Waals surface area contributed by atoms with Crippen LogP contribution in [0.25, 0.3) is 11.4 Å². The number of imide groups is 1. The molecule has 10 heteroatoms. The number of H-pyrrole nitrogens is 1. The summed E-state index contributed by atoms with van der Waals surface area (Å²) in [6.45, 7) is 3.11. The minimum atomic E-state index is -0.681. The molecule has 1 spiro atoms. The zero-order valence-corrected chi connectivity index (χ0v) is 19.0. The predicted octanol–water partition coefficient (Wildman–Crippen LogP) is 2.68. The van der Waals surface area contributed by atoms with Crippen LogP contribution in [-0.2, 0) is 16.1 Å². The normalized spacial score (nSPS) is 17.2. The van der Waals surface area contributed by atoms with Crippen molar-refractivity contribution >= 4 is 30.1 Å². The molecule has 9 nitrogen and oxygen atoms in total. The molecule has 170 valence electrons. The number of amides is 4. The van der Waals surface area contributed by atoms with Gasteiger partial charge in [0, 0.05) is 31.6 Å². The molecule has 1 saturated heterocycles. The number of aryl methyl sites for hydroxylation is 1. The first-order valence-corrected chi connectivity index (χ1v) is 11.4. The summed E-state index contributed by atoms with van der Waals surface area (Å²) in [4.78, 5) is 38.5. The number of carbonyl (C=O) groups excluding carboxylic acids is 3. The first-order valence-electron chi connectivity index (χ1n) is 11.0. The lowest BCUT2D eigenvalue weighted by molar-refractivity contribution is -0.131. The first-order chi connectivity index (χ1) is 15.4. The summed E-state index contributed by atoms with van der Waals surface area (Å²) in [7, 11) is 0. The van der Waals surface area contributed by atoms with Crippen LogP contribution < -0.4 is 10.6 Å². The Kier molecular flexibility index (Phi) is 6.40. The molecular formula is C22H28N6O3S. The van der Waals surface area contributed by atoms with Crippen LogP contribution in [0.5, 0.6) is 0 Å². The zero-order chi connectivity index (χ0) is 22.7. The van der Waals surface area contributed by atoms with E-state index in [2.05, 4.69) is 20.8 Å². The second-order valence-corrected chi connectivity index (χ2v) is 8.89. The van der Waals surface area contributed by atoms with Crippen LogP contribution in [0.2, 0.25) is 0 Å². The van der Waals surface area contributed by atoms with Crippen LogP contribution in [0, 0.1) is 11.7 Å². The largest absolute Gasteiger partial charge is 0.356 e. The van der Waals surface area contributed by atoms with E-state index in [9.17, 15) is 14.4 Å². The molecule has 1 saturated carbocycles. The van der Waals surface area contributed by atoms with Crippen LogP contribution in [0.15, 0.2) is 24.3 Å². The molecule has 4 amide bonds. The van der Waals surface area contributed by atoms with Gasteiger partial charge in [-0.05, 0) is 44.5 Å². The quantitative estimate of drug-likeness (QED) is 0.321. The Morgan fingerprint density at radius 3 is 2.78 bits per heavy atom. The van der Waals surface area contributed by atoms with Crippen molar-refractivity contribution in [1.82, 2.24) is 30.3 Å². The number of nitrogens with zero attached hydrogens (tertiary/aromatic N) is 3. The van der Waals surface area contributed by atoms with Gasteiger partial charge in [0.15, 0.2) is 10.6 Å². The number of carbonyl (C=O) groups is 3. The summed E-state index contributed by atoms with van der Waals surface area (Å²) in [5.74, 6) is 0.461. The topological polar surface area (TPSA) is 112 Å². The number of urea groups is 1. The van der Waals surface area contributed by atoms with Crippen molar-refractivity contribution in [2.75, 3.05) is 13.1 Å². The number of rotatable bonds is 8. The van der Waals surface area contributed by atoms with E-state index in [1.807, 2.05) is 35.8 Å². The summed E-state index contributed by atoms with van der Waals surface area (Å²) >= 11 is 5.33. The second-order valence-electron chi connectivity index (χ2n) is 8.50. The third-order valence-electron chi connectivity index (χ3n) is 6.18. The van der Waals surface area contributed by atoms with Gasteiger partial charge in [0.25, 0.3) is 5.91 Å². The maximum Gasteiger partial charge on any atom is 0.325 e. The van der Waals surface area contributed by atoms with Gasteiger partial charge in [-0.15, -0.1) is 0 Å². The molecule has 2 fully saturated rings. The minimum absolute atomic E-state index is 0.118. The van der Waals surface area contributed by atoms with Crippen LogP contribution in [0.1, 0.15) is 44.1 Å². The van der Waals surface area contributed by atoms with Crippen LogP contribution >= 0.6 is 12.2 Å². The Labute approximate surface area is 191 Å². The van der Waals surface area contributed by atoms with Crippen molar-refractivity contribution in [1.29, 1.82) is 0 Å². The van der Waals surface area contributed by atoms with Crippen LogP contribution in [-0.4, -0.2) is 56.1 Å². The van der Waals surface area contributed by atoms with Crippen molar-refractivity contribution in [3.8, 4) is 11.4 Å². The lowest BCUT2D eigenvalue weighted by atomic mass is 9.98. The highest BCUT2D eigenvalue weighted by Crippen LogP contribution is 2.35. The van der Waals surface area contributed by atoms with E-state index in [1.165, 1.54) is 4.90 Å². The van der Waals surface area contributed by atoms with Gasteiger partial charge in [-0.3, -0.25) is 24.2 Å². The van der Waals surface area contributed by atoms with Crippen molar-refractivity contribution in [2.24, 2.45) is 0 Å². The average molecular weight is 457 g/mol. The summed E-state index contributed by atoms with van der Waals surface area (Å²) in [6, 6.07) is 7.63. The Morgan fingerprint density at radius 2 is 2.03 bits per heavy atom. The molecule has 1 aromatic heterocycles. The highest BCUT2D eigenvalue weighted by atomic mass is 32.1. The zero-order valence-electron chi connectivity index (χ0n) is 18.1. The molecule has 4 rings (SSSR count). The highest BCUT2D eigenvalue weighted by molar-refractivity contribution is 7.71. The number of aromatic amines is 1. The molecule has 0 atom stereocenters. The number of hydrogen-bond acceptors (Lipinski definition) is 5. The second kappa shape index (κ2) is 9.23. The van der Waals surface area contributed by atoms with E-state index >= 15 is 0 Å². The van der Waals surface area contributed by atoms with E-state index in [-0.39, 0.29) is 24.3 Å². The fourth-order valence-electron chi connectivity index (χ4n) is 4.49. The van der Waals surface area contributed by atoms with Crippen molar-refractivity contribution in [2.45, 2.75) is 57.5 Å². The highest BCUT2D eigenvalue weighted by Gasteiger charge is 2.51. The maximum atomic E-state index is 12.6. The van der Waals surface area contributed by atoms with E-state index in [0.29, 0.717) is 49.5 Å². The Balaban J connectivity index is 1.25. The van der Waals surface area contributed by atoms with Gasteiger partial charge >= 0.3 is 6.03 Å². The van der Waals surface area contributed by atoms with Gasteiger partial charge in [0.1, 0.15) is 5.54 Å². The van der Waals surface area contributed by atoms with E-state index in [1.54, 1.807) is 0 Å². The lowest BCUT2D eigenvalue weighted by Crippen LogP contribution is -2.44. The van der Waals surface area contributed by atoms with Crippen molar-refractivity contribution < 1.29 is 14.4 Å². The fourth-order valence-corrected chi connectivity index (χ4v) is 4.72. The third-order valence-corrected chi connectivity index (χ3v) is 6.49. The smallest absolute Gasteiger partial charge is 0.325 e. The van der Waals surface area contributed by atoms with Gasteiger partial charge in [0.2, 0.25) is 5.91 Å². The molecule has 0 radical (unpaired) electrons. The van der Waals surface area contributed by atoms with Crippen molar-refractivity contribution in [3.05, 3.63) is 34.6 Å². The molecule has 32 heavy (non-hydrogen) atoms. The molecule has 1 aliphatic heterocycles. The summed E-state index contributed by atoms with van der Waals surface area (Å²) in [6.07, 6.45) is 4.11. The first kappa shape index (κ1) is 22.2. The summed E-state index contributed by atoms with van der Waals surface area (Å²) in [5, 5.41) is 12.8. The fraction of sp³-hybridized carbons (Fsp3) is 0.500. The molecule has 2 aromatic rings. The number of nitrogens with one attached hydrogen (secondary N) is 3. The van der Waals surface area contributed by atoms with Crippen LogP contribution in [0.4, 0.5) is 4.79 Å². The average Bonchev–Trinajstić information content (AvgIpc) is 3.44. The van der Waals surface area contributed by atoms with E-state index < -0.39 is 5.54 Å². The number of hydrogen-bond donors (Lipinski definition) is 3.